The van der Waals surface area contributed by atoms with Gasteiger partial charge in [0, 0.05) is 13.1 Å². The third-order valence-corrected chi connectivity index (χ3v) is 5.28. The van der Waals surface area contributed by atoms with Gasteiger partial charge in [-0.15, -0.1) is 0 Å². The monoisotopic (exact) mass is 337 g/mol. The second-order valence-corrected chi connectivity index (χ2v) is 6.91. The number of carbonyl (C=O) groups is 1. The zero-order chi connectivity index (χ0) is 17.5. The first-order valence-electron chi connectivity index (χ1n) is 9.16. The van der Waals surface area contributed by atoms with Crippen LogP contribution < -0.4 is 0 Å². The first-order chi connectivity index (χ1) is 12.2. The van der Waals surface area contributed by atoms with Gasteiger partial charge in [0.1, 0.15) is 5.54 Å². The maximum absolute atomic E-state index is 12.8. The van der Waals surface area contributed by atoms with E-state index < -0.39 is 5.54 Å². The number of hydrogen-bond donors (Lipinski definition) is 0. The van der Waals surface area contributed by atoms with Crippen molar-refractivity contribution in [2.24, 2.45) is 0 Å². The highest BCUT2D eigenvalue weighted by molar-refractivity contribution is 5.81. The molecule has 1 aliphatic carbocycles. The van der Waals surface area contributed by atoms with Gasteiger partial charge in [-0.05, 0) is 24.0 Å². The fourth-order valence-electron chi connectivity index (χ4n) is 3.94. The maximum Gasteiger partial charge on any atom is 0.326 e. The standard InChI is InChI=1S/C22H27NO2/c1-25-21(24)22(15-9-4-10-16-22)23(17-19-11-5-2-6-12-19)18-20-13-7-3-8-14-20/h2-3,5-8,11-14H,4,9-10,15-18H2,1H3. The van der Waals surface area contributed by atoms with Gasteiger partial charge in [-0.1, -0.05) is 79.9 Å². The number of ether oxygens (including phenoxy) is 1. The van der Waals surface area contributed by atoms with Gasteiger partial charge in [0.15, 0.2) is 0 Å². The Balaban J connectivity index is 1.94. The molecular weight excluding hydrogens is 310 g/mol. The van der Waals surface area contributed by atoms with E-state index in [0.29, 0.717) is 0 Å². The van der Waals surface area contributed by atoms with Crippen molar-refractivity contribution in [3.8, 4) is 0 Å². The maximum atomic E-state index is 12.8. The fourth-order valence-corrected chi connectivity index (χ4v) is 3.94. The highest BCUT2D eigenvalue weighted by Crippen LogP contribution is 2.37. The van der Waals surface area contributed by atoms with Gasteiger partial charge < -0.3 is 4.74 Å². The molecule has 2 aromatic rings. The molecule has 0 saturated heterocycles. The lowest BCUT2D eigenvalue weighted by molar-refractivity contribution is -0.159. The average Bonchev–Trinajstić information content (AvgIpc) is 2.69. The summed E-state index contributed by atoms with van der Waals surface area (Å²) in [5.41, 5.74) is 1.94. The van der Waals surface area contributed by atoms with E-state index in [4.69, 9.17) is 4.74 Å². The predicted molar refractivity (Wildman–Crippen MR) is 100.0 cm³/mol. The molecule has 0 aromatic heterocycles. The lowest BCUT2D eigenvalue weighted by Gasteiger charge is -2.44. The number of benzene rings is 2. The molecule has 1 fully saturated rings. The number of hydrogen-bond acceptors (Lipinski definition) is 3. The molecule has 132 valence electrons. The summed E-state index contributed by atoms with van der Waals surface area (Å²) in [7, 11) is 1.52. The summed E-state index contributed by atoms with van der Waals surface area (Å²) in [4.78, 5) is 15.2. The molecule has 1 aliphatic rings. The number of carbonyl (C=O) groups excluding carboxylic acids is 1. The molecule has 2 aromatic carbocycles. The van der Waals surface area contributed by atoms with Crippen molar-refractivity contribution in [3.05, 3.63) is 71.8 Å². The molecule has 0 heterocycles. The molecule has 0 atom stereocenters. The van der Waals surface area contributed by atoms with Crippen LogP contribution in [0.15, 0.2) is 60.7 Å². The van der Waals surface area contributed by atoms with Crippen molar-refractivity contribution in [3.63, 3.8) is 0 Å². The van der Waals surface area contributed by atoms with Gasteiger partial charge in [0.2, 0.25) is 0 Å². The fraction of sp³-hybridized carbons (Fsp3) is 0.409. The highest BCUT2D eigenvalue weighted by Gasteiger charge is 2.45. The van der Waals surface area contributed by atoms with Gasteiger partial charge in [0.05, 0.1) is 7.11 Å². The molecule has 0 radical (unpaired) electrons. The Bertz CT molecular complexity index is 621. The van der Waals surface area contributed by atoms with Crippen LogP contribution in [0.3, 0.4) is 0 Å². The van der Waals surface area contributed by atoms with Crippen LogP contribution in [0.2, 0.25) is 0 Å². The van der Waals surface area contributed by atoms with Crippen molar-refractivity contribution in [1.29, 1.82) is 0 Å². The van der Waals surface area contributed by atoms with Crippen LogP contribution in [-0.4, -0.2) is 23.5 Å². The quantitative estimate of drug-likeness (QED) is 0.724. The third-order valence-electron chi connectivity index (χ3n) is 5.28. The molecule has 3 heteroatoms. The van der Waals surface area contributed by atoms with E-state index in [1.54, 1.807) is 0 Å². The van der Waals surface area contributed by atoms with Crippen molar-refractivity contribution < 1.29 is 9.53 Å². The Morgan fingerprint density at radius 1 is 0.880 bits per heavy atom. The molecule has 3 nitrogen and oxygen atoms in total. The van der Waals surface area contributed by atoms with E-state index in [1.165, 1.54) is 24.7 Å². The number of nitrogens with zero attached hydrogens (tertiary/aromatic N) is 1. The lowest BCUT2D eigenvalue weighted by atomic mass is 9.79. The van der Waals surface area contributed by atoms with Gasteiger partial charge in [-0.25, -0.2) is 0 Å². The summed E-state index contributed by atoms with van der Waals surface area (Å²) in [6.07, 6.45) is 5.10. The van der Waals surface area contributed by atoms with Crippen molar-refractivity contribution in [1.82, 2.24) is 4.90 Å². The van der Waals surface area contributed by atoms with Gasteiger partial charge in [-0.3, -0.25) is 9.69 Å². The Labute approximate surface area is 150 Å². The van der Waals surface area contributed by atoms with Crippen LogP contribution >= 0.6 is 0 Å². The van der Waals surface area contributed by atoms with Crippen LogP contribution in [0.4, 0.5) is 0 Å². The van der Waals surface area contributed by atoms with Crippen LogP contribution in [-0.2, 0) is 22.6 Å². The van der Waals surface area contributed by atoms with Crippen LogP contribution in [0, 0.1) is 0 Å². The highest BCUT2D eigenvalue weighted by atomic mass is 16.5. The molecule has 25 heavy (non-hydrogen) atoms. The Morgan fingerprint density at radius 3 is 1.80 bits per heavy atom. The van der Waals surface area contributed by atoms with E-state index in [1.807, 2.05) is 12.1 Å². The Hall–Kier alpha value is -2.13. The summed E-state index contributed by atoms with van der Waals surface area (Å²) in [6, 6.07) is 20.8. The van der Waals surface area contributed by atoms with E-state index in [-0.39, 0.29) is 5.97 Å². The van der Waals surface area contributed by atoms with Gasteiger partial charge in [0.25, 0.3) is 0 Å². The minimum absolute atomic E-state index is 0.0842. The molecule has 0 unspecified atom stereocenters. The Morgan fingerprint density at radius 2 is 1.36 bits per heavy atom. The van der Waals surface area contributed by atoms with Gasteiger partial charge in [-0.2, -0.15) is 0 Å². The van der Waals surface area contributed by atoms with Crippen molar-refractivity contribution in [2.45, 2.75) is 50.7 Å². The molecule has 0 N–H and O–H groups in total. The molecular formula is C22H27NO2. The van der Waals surface area contributed by atoms with E-state index in [0.717, 1.165) is 38.8 Å². The first kappa shape index (κ1) is 17.7. The molecule has 3 rings (SSSR count). The number of methoxy groups -OCH3 is 1. The third kappa shape index (κ3) is 4.10. The molecule has 0 bridgehead atoms. The zero-order valence-electron chi connectivity index (χ0n) is 15.0. The van der Waals surface area contributed by atoms with E-state index in [2.05, 4.69) is 53.4 Å². The second kappa shape index (κ2) is 8.30. The van der Waals surface area contributed by atoms with Crippen LogP contribution in [0.5, 0.6) is 0 Å². The largest absolute Gasteiger partial charge is 0.468 e. The zero-order valence-corrected chi connectivity index (χ0v) is 15.0. The van der Waals surface area contributed by atoms with E-state index in [9.17, 15) is 4.79 Å². The molecule has 0 amide bonds. The van der Waals surface area contributed by atoms with Gasteiger partial charge >= 0.3 is 5.97 Å². The number of rotatable bonds is 6. The summed E-state index contributed by atoms with van der Waals surface area (Å²) in [5, 5.41) is 0. The summed E-state index contributed by atoms with van der Waals surface area (Å²) in [5.74, 6) is -0.0842. The predicted octanol–water partition coefficient (Wildman–Crippen LogP) is 4.56. The normalized spacial score (nSPS) is 16.6. The topological polar surface area (TPSA) is 29.5 Å². The Kier molecular flexibility index (Phi) is 5.87. The number of esters is 1. The minimum Gasteiger partial charge on any atom is -0.468 e. The smallest absolute Gasteiger partial charge is 0.326 e. The van der Waals surface area contributed by atoms with Crippen LogP contribution in [0.25, 0.3) is 0 Å². The second-order valence-electron chi connectivity index (χ2n) is 6.91. The SMILES string of the molecule is COC(=O)C1(N(Cc2ccccc2)Cc2ccccc2)CCCCC1. The van der Waals surface area contributed by atoms with Crippen molar-refractivity contribution in [2.75, 3.05) is 7.11 Å². The summed E-state index contributed by atoms with van der Waals surface area (Å²) in [6.45, 7) is 1.51. The minimum atomic E-state index is -0.515. The van der Waals surface area contributed by atoms with E-state index >= 15 is 0 Å². The summed E-state index contributed by atoms with van der Waals surface area (Å²) >= 11 is 0. The van der Waals surface area contributed by atoms with Crippen molar-refractivity contribution >= 4 is 5.97 Å². The molecule has 1 saturated carbocycles. The van der Waals surface area contributed by atoms with Crippen LogP contribution in [0.1, 0.15) is 43.2 Å². The summed E-state index contributed by atoms with van der Waals surface area (Å²) < 4.78 is 5.27. The first-order valence-corrected chi connectivity index (χ1v) is 9.16. The average molecular weight is 337 g/mol. The molecule has 0 aliphatic heterocycles. The lowest BCUT2D eigenvalue weighted by Crippen LogP contribution is -2.55. The molecule has 0 spiro atoms.